The molecule has 0 saturated heterocycles. The zero-order valence-corrected chi connectivity index (χ0v) is 9.65. The lowest BCUT2D eigenvalue weighted by atomic mass is 10.1. The molecule has 0 atom stereocenters. The number of hydrogen-bond acceptors (Lipinski definition) is 4. The van der Waals surface area contributed by atoms with Gasteiger partial charge in [-0.3, -0.25) is 10.1 Å². The fourth-order valence-electron chi connectivity index (χ4n) is 1.51. The number of aromatic nitrogens is 1. The quantitative estimate of drug-likeness (QED) is 0.599. The monoisotopic (exact) mass is 244 g/mol. The van der Waals surface area contributed by atoms with E-state index in [0.29, 0.717) is 18.1 Å². The number of nitrogens with zero attached hydrogens (tertiary/aromatic N) is 2. The van der Waals surface area contributed by atoms with Gasteiger partial charge in [-0.25, -0.2) is 4.98 Å². The molecule has 1 aromatic heterocycles. The average molecular weight is 244 g/mol. The fraction of sp³-hybridized carbons (Fsp3) is 0.154. The summed E-state index contributed by atoms with van der Waals surface area (Å²) in [5.74, 6) is 1.14. The molecule has 92 valence electrons. The Balaban J connectivity index is 2.05. The van der Waals surface area contributed by atoms with Gasteiger partial charge in [-0.1, -0.05) is 18.2 Å². The van der Waals surface area contributed by atoms with E-state index in [1.807, 2.05) is 18.2 Å². The summed E-state index contributed by atoms with van der Waals surface area (Å²) in [6.45, 7) is -0.0763. The van der Waals surface area contributed by atoms with Crippen LogP contribution >= 0.6 is 0 Å². The summed E-state index contributed by atoms with van der Waals surface area (Å²) in [5, 5.41) is 10.3. The minimum atomic E-state index is -0.327. The lowest BCUT2D eigenvalue weighted by Gasteiger charge is -2.05. The molecule has 0 N–H and O–H groups in total. The van der Waals surface area contributed by atoms with Gasteiger partial charge in [0.25, 0.3) is 0 Å². The Hall–Kier alpha value is -2.43. The fourth-order valence-corrected chi connectivity index (χ4v) is 1.51. The zero-order valence-electron chi connectivity index (χ0n) is 9.65. The van der Waals surface area contributed by atoms with Gasteiger partial charge in [-0.05, 0) is 23.8 Å². The first-order valence-electron chi connectivity index (χ1n) is 5.54. The molecule has 1 aromatic carbocycles. The van der Waals surface area contributed by atoms with Gasteiger partial charge in [0, 0.05) is 23.6 Å². The molecule has 0 aliphatic heterocycles. The Bertz CT molecular complexity index is 529. The second-order valence-corrected chi connectivity index (χ2v) is 3.72. The van der Waals surface area contributed by atoms with E-state index < -0.39 is 0 Å². The standard InChI is InChI=1S/C13H12N2O3/c16-15(17)9-7-11-4-3-5-12(10-11)18-13-6-1-2-8-14-13/h1-6,8,10H,7,9H2. The summed E-state index contributed by atoms with van der Waals surface area (Å²) in [5.41, 5.74) is 0.875. The predicted octanol–water partition coefficient (Wildman–Crippen LogP) is 2.69. The summed E-state index contributed by atoms with van der Waals surface area (Å²) in [7, 11) is 0. The molecule has 0 saturated carbocycles. The summed E-state index contributed by atoms with van der Waals surface area (Å²) in [4.78, 5) is 14.0. The van der Waals surface area contributed by atoms with E-state index in [-0.39, 0.29) is 11.5 Å². The van der Waals surface area contributed by atoms with Crippen molar-refractivity contribution < 1.29 is 9.66 Å². The summed E-state index contributed by atoms with van der Waals surface area (Å²) in [6, 6.07) is 12.6. The van der Waals surface area contributed by atoms with Gasteiger partial charge >= 0.3 is 0 Å². The summed E-state index contributed by atoms with van der Waals surface area (Å²) < 4.78 is 5.54. The lowest BCUT2D eigenvalue weighted by molar-refractivity contribution is -0.479. The first-order chi connectivity index (χ1) is 8.74. The van der Waals surface area contributed by atoms with E-state index in [2.05, 4.69) is 4.98 Å². The van der Waals surface area contributed by atoms with Crippen LogP contribution < -0.4 is 4.74 Å². The van der Waals surface area contributed by atoms with Crippen LogP contribution in [0.4, 0.5) is 0 Å². The second-order valence-electron chi connectivity index (χ2n) is 3.72. The molecule has 2 aromatic rings. The van der Waals surface area contributed by atoms with Gasteiger partial charge in [0.15, 0.2) is 0 Å². The highest BCUT2D eigenvalue weighted by Gasteiger charge is 2.02. The number of hydrogen-bond donors (Lipinski definition) is 0. The molecule has 0 unspecified atom stereocenters. The number of ether oxygens (including phenoxy) is 1. The molecular weight excluding hydrogens is 232 g/mol. The van der Waals surface area contributed by atoms with Crippen LogP contribution in [0, 0.1) is 10.1 Å². The zero-order chi connectivity index (χ0) is 12.8. The third-order valence-corrected chi connectivity index (χ3v) is 2.34. The molecule has 0 bridgehead atoms. The highest BCUT2D eigenvalue weighted by molar-refractivity contribution is 5.31. The number of benzene rings is 1. The van der Waals surface area contributed by atoms with E-state index in [0.717, 1.165) is 5.56 Å². The van der Waals surface area contributed by atoms with Crippen molar-refractivity contribution in [2.45, 2.75) is 6.42 Å². The molecule has 0 radical (unpaired) electrons. The van der Waals surface area contributed by atoms with E-state index in [1.165, 1.54) is 0 Å². The van der Waals surface area contributed by atoms with Gasteiger partial charge in [-0.15, -0.1) is 0 Å². The summed E-state index contributed by atoms with van der Waals surface area (Å²) >= 11 is 0. The van der Waals surface area contributed by atoms with Crippen LogP contribution in [0.3, 0.4) is 0 Å². The van der Waals surface area contributed by atoms with Gasteiger partial charge in [0.2, 0.25) is 12.4 Å². The van der Waals surface area contributed by atoms with E-state index in [1.54, 1.807) is 30.5 Å². The Labute approximate surface area is 104 Å². The van der Waals surface area contributed by atoms with Crippen LogP contribution in [0.25, 0.3) is 0 Å². The van der Waals surface area contributed by atoms with Crippen LogP contribution in [0.1, 0.15) is 5.56 Å². The molecule has 5 nitrogen and oxygen atoms in total. The van der Waals surface area contributed by atoms with Crippen LogP contribution in [0.2, 0.25) is 0 Å². The van der Waals surface area contributed by atoms with Crippen molar-refractivity contribution in [1.29, 1.82) is 0 Å². The van der Waals surface area contributed by atoms with E-state index >= 15 is 0 Å². The number of pyridine rings is 1. The van der Waals surface area contributed by atoms with Gasteiger partial charge in [-0.2, -0.15) is 0 Å². The molecule has 2 rings (SSSR count). The third kappa shape index (κ3) is 3.55. The van der Waals surface area contributed by atoms with Crippen LogP contribution in [-0.4, -0.2) is 16.5 Å². The first kappa shape index (κ1) is 12.0. The second kappa shape index (κ2) is 5.77. The first-order valence-corrected chi connectivity index (χ1v) is 5.54. The van der Waals surface area contributed by atoms with Crippen molar-refractivity contribution in [2.75, 3.05) is 6.54 Å². The Morgan fingerprint density at radius 2 is 2.11 bits per heavy atom. The molecule has 0 aliphatic carbocycles. The van der Waals surface area contributed by atoms with Gasteiger partial charge in [0.05, 0.1) is 0 Å². The van der Waals surface area contributed by atoms with Gasteiger partial charge < -0.3 is 4.74 Å². The third-order valence-electron chi connectivity index (χ3n) is 2.34. The normalized spacial score (nSPS) is 10.0. The van der Waals surface area contributed by atoms with Crippen molar-refractivity contribution in [3.8, 4) is 11.6 Å². The highest BCUT2D eigenvalue weighted by Crippen LogP contribution is 2.20. The summed E-state index contributed by atoms with van der Waals surface area (Å²) in [6.07, 6.45) is 2.04. The Morgan fingerprint density at radius 3 is 2.83 bits per heavy atom. The minimum Gasteiger partial charge on any atom is -0.439 e. The maximum Gasteiger partial charge on any atom is 0.219 e. The van der Waals surface area contributed by atoms with Crippen molar-refractivity contribution in [3.63, 3.8) is 0 Å². The number of rotatable bonds is 5. The van der Waals surface area contributed by atoms with Crippen molar-refractivity contribution in [1.82, 2.24) is 4.98 Å². The largest absolute Gasteiger partial charge is 0.439 e. The number of nitro groups is 1. The smallest absolute Gasteiger partial charge is 0.219 e. The average Bonchev–Trinajstić information content (AvgIpc) is 2.38. The highest BCUT2D eigenvalue weighted by atomic mass is 16.6. The molecule has 0 amide bonds. The van der Waals surface area contributed by atoms with Crippen LogP contribution in [-0.2, 0) is 6.42 Å². The van der Waals surface area contributed by atoms with E-state index in [4.69, 9.17) is 4.74 Å². The SMILES string of the molecule is O=[N+]([O-])CCc1cccc(Oc2ccccn2)c1. The van der Waals surface area contributed by atoms with Gasteiger partial charge in [0.1, 0.15) is 5.75 Å². The molecule has 0 fully saturated rings. The Kier molecular flexibility index (Phi) is 3.86. The Morgan fingerprint density at radius 1 is 1.22 bits per heavy atom. The van der Waals surface area contributed by atoms with Crippen molar-refractivity contribution >= 4 is 0 Å². The molecule has 1 heterocycles. The van der Waals surface area contributed by atoms with Crippen LogP contribution in [0.5, 0.6) is 11.6 Å². The molecule has 5 heteroatoms. The molecule has 18 heavy (non-hydrogen) atoms. The minimum absolute atomic E-state index is 0.0763. The molecule has 0 spiro atoms. The van der Waals surface area contributed by atoms with E-state index in [9.17, 15) is 10.1 Å². The predicted molar refractivity (Wildman–Crippen MR) is 66.3 cm³/mol. The maximum absolute atomic E-state index is 10.3. The maximum atomic E-state index is 10.3. The van der Waals surface area contributed by atoms with Crippen molar-refractivity contribution in [3.05, 3.63) is 64.3 Å². The lowest BCUT2D eigenvalue weighted by Crippen LogP contribution is -2.03. The molecular formula is C13H12N2O3. The van der Waals surface area contributed by atoms with Crippen molar-refractivity contribution in [2.24, 2.45) is 0 Å². The molecule has 0 aliphatic rings. The topological polar surface area (TPSA) is 65.3 Å². The van der Waals surface area contributed by atoms with Crippen LogP contribution in [0.15, 0.2) is 48.7 Å².